The maximum atomic E-state index is 12.3. The summed E-state index contributed by atoms with van der Waals surface area (Å²) in [5, 5.41) is 13.5. The Labute approximate surface area is 181 Å². The van der Waals surface area contributed by atoms with E-state index in [4.69, 9.17) is 9.26 Å². The van der Waals surface area contributed by atoms with Crippen molar-refractivity contribution in [3.63, 3.8) is 0 Å². The van der Waals surface area contributed by atoms with Crippen molar-refractivity contribution in [1.82, 2.24) is 35.2 Å². The molecule has 0 aliphatic carbocycles. The normalized spacial score (nSPS) is 13.7. The number of carbonyl (C=O) groups excluding carboxylic acids is 2. The van der Waals surface area contributed by atoms with E-state index in [0.717, 1.165) is 10.6 Å². The lowest BCUT2D eigenvalue weighted by Gasteiger charge is -2.29. The van der Waals surface area contributed by atoms with E-state index in [-0.39, 0.29) is 30.7 Å². The summed E-state index contributed by atoms with van der Waals surface area (Å²) >= 11 is 1.36. The molecule has 0 saturated heterocycles. The van der Waals surface area contributed by atoms with Crippen molar-refractivity contribution in [2.24, 2.45) is 0 Å². The van der Waals surface area contributed by atoms with Gasteiger partial charge in [-0.3, -0.25) is 9.89 Å². The van der Waals surface area contributed by atoms with Crippen molar-refractivity contribution in [3.8, 4) is 11.6 Å². The highest BCUT2D eigenvalue weighted by molar-refractivity contribution is 7.15. The molecule has 164 valence electrons. The van der Waals surface area contributed by atoms with Crippen molar-refractivity contribution in [3.05, 3.63) is 22.8 Å². The van der Waals surface area contributed by atoms with Gasteiger partial charge in [-0.1, -0.05) is 16.5 Å². The van der Waals surface area contributed by atoms with E-state index in [2.05, 4.69) is 35.6 Å². The number of thiazole rings is 1. The lowest BCUT2D eigenvalue weighted by Crippen LogP contribution is -2.39. The number of amides is 2. The summed E-state index contributed by atoms with van der Waals surface area (Å²) in [7, 11) is 0. The number of aryl methyl sites for hydroxylation is 1. The second-order valence-electron chi connectivity index (χ2n) is 7.93. The standard InChI is InChI=1S/C18H22N8O4S/c1-18(2,3)29-17(28)26-7-6-10-11(8-26)31-16(21-10)22-12(27)4-5-13-23-15(25-30-13)14-19-9-20-24-14/h9H,4-8H2,1-3H3,(H,19,20,24)(H,21,22,27). The summed E-state index contributed by atoms with van der Waals surface area (Å²) in [6, 6.07) is 0. The molecule has 3 aromatic heterocycles. The first-order valence-corrected chi connectivity index (χ1v) is 10.5. The summed E-state index contributed by atoms with van der Waals surface area (Å²) in [6.45, 7) is 6.46. The van der Waals surface area contributed by atoms with Crippen LogP contribution in [0.15, 0.2) is 10.9 Å². The first-order chi connectivity index (χ1) is 14.8. The Morgan fingerprint density at radius 3 is 2.94 bits per heavy atom. The quantitative estimate of drug-likeness (QED) is 0.600. The highest BCUT2D eigenvalue weighted by Gasteiger charge is 2.28. The number of hydrogen-bond donors (Lipinski definition) is 2. The van der Waals surface area contributed by atoms with Gasteiger partial charge in [-0.15, -0.1) is 0 Å². The van der Waals surface area contributed by atoms with Gasteiger partial charge >= 0.3 is 6.09 Å². The van der Waals surface area contributed by atoms with Crippen LogP contribution in [0.2, 0.25) is 0 Å². The highest BCUT2D eigenvalue weighted by Crippen LogP contribution is 2.29. The average molecular weight is 446 g/mol. The number of hydrogen-bond acceptors (Lipinski definition) is 10. The Morgan fingerprint density at radius 2 is 2.19 bits per heavy atom. The van der Waals surface area contributed by atoms with Gasteiger partial charge in [-0.25, -0.2) is 14.8 Å². The minimum absolute atomic E-state index is 0.159. The number of H-pyrrole nitrogens is 1. The molecule has 3 aromatic rings. The molecule has 13 heteroatoms. The van der Waals surface area contributed by atoms with Crippen LogP contribution in [0.25, 0.3) is 11.6 Å². The lowest BCUT2D eigenvalue weighted by molar-refractivity contribution is -0.116. The van der Waals surface area contributed by atoms with Crippen molar-refractivity contribution in [1.29, 1.82) is 0 Å². The van der Waals surface area contributed by atoms with Gasteiger partial charge in [0.1, 0.15) is 11.9 Å². The number of nitrogens with zero attached hydrogens (tertiary/aromatic N) is 6. The van der Waals surface area contributed by atoms with E-state index in [1.165, 1.54) is 17.7 Å². The van der Waals surface area contributed by atoms with Gasteiger partial charge in [0.2, 0.25) is 17.6 Å². The summed E-state index contributed by atoms with van der Waals surface area (Å²) < 4.78 is 10.6. The van der Waals surface area contributed by atoms with E-state index >= 15 is 0 Å². The molecule has 2 amide bonds. The minimum atomic E-state index is -0.543. The molecule has 2 N–H and O–H groups in total. The van der Waals surface area contributed by atoms with Gasteiger partial charge in [-0.05, 0) is 20.8 Å². The first kappa shape index (κ1) is 20.9. The van der Waals surface area contributed by atoms with Gasteiger partial charge in [0, 0.05) is 30.7 Å². The van der Waals surface area contributed by atoms with E-state index in [1.807, 2.05) is 20.8 Å². The number of nitrogens with one attached hydrogen (secondary N) is 2. The van der Waals surface area contributed by atoms with E-state index in [1.54, 1.807) is 4.90 Å². The molecule has 0 spiro atoms. The van der Waals surface area contributed by atoms with Crippen molar-refractivity contribution in [2.75, 3.05) is 11.9 Å². The maximum absolute atomic E-state index is 12.3. The summed E-state index contributed by atoms with van der Waals surface area (Å²) in [4.78, 5) is 39.8. The summed E-state index contributed by atoms with van der Waals surface area (Å²) in [5.74, 6) is 0.797. The third kappa shape index (κ3) is 5.23. The fraction of sp³-hybridized carbons (Fsp3) is 0.500. The van der Waals surface area contributed by atoms with Crippen LogP contribution in [0.4, 0.5) is 9.93 Å². The molecular weight excluding hydrogens is 424 g/mol. The number of fused-ring (bicyclic) bond motifs is 1. The summed E-state index contributed by atoms with van der Waals surface area (Å²) in [6.07, 6.45) is 2.06. The number of rotatable bonds is 5. The van der Waals surface area contributed by atoms with Crippen LogP contribution in [0.5, 0.6) is 0 Å². The predicted molar refractivity (Wildman–Crippen MR) is 109 cm³/mol. The largest absolute Gasteiger partial charge is 0.444 e. The van der Waals surface area contributed by atoms with Crippen LogP contribution in [0, 0.1) is 0 Å². The molecule has 0 fully saturated rings. The number of carbonyl (C=O) groups is 2. The second kappa shape index (κ2) is 8.41. The SMILES string of the molecule is CC(C)(C)OC(=O)N1CCc2nc(NC(=O)CCc3nc(-c4ncn[nH]4)no3)sc2C1. The molecule has 12 nitrogen and oxygen atoms in total. The van der Waals surface area contributed by atoms with Crippen LogP contribution in [-0.4, -0.2) is 59.4 Å². The highest BCUT2D eigenvalue weighted by atomic mass is 32.1. The molecule has 0 bridgehead atoms. The topological polar surface area (TPSA) is 152 Å². The molecule has 4 rings (SSSR count). The molecule has 0 aromatic carbocycles. The van der Waals surface area contributed by atoms with Gasteiger partial charge in [0.15, 0.2) is 11.0 Å². The number of aromatic amines is 1. The first-order valence-electron chi connectivity index (χ1n) is 9.71. The fourth-order valence-corrected chi connectivity index (χ4v) is 3.94. The molecule has 0 unspecified atom stereocenters. The maximum Gasteiger partial charge on any atom is 0.410 e. The van der Waals surface area contributed by atoms with Crippen LogP contribution < -0.4 is 5.32 Å². The van der Waals surface area contributed by atoms with Gasteiger partial charge in [0.25, 0.3) is 0 Å². The van der Waals surface area contributed by atoms with Gasteiger partial charge in [0.05, 0.1) is 12.2 Å². The van der Waals surface area contributed by atoms with E-state index < -0.39 is 5.60 Å². The number of anilines is 1. The van der Waals surface area contributed by atoms with Crippen molar-refractivity contribution in [2.45, 2.75) is 52.2 Å². The molecule has 1 aliphatic rings. The molecule has 0 radical (unpaired) electrons. The predicted octanol–water partition coefficient (Wildman–Crippen LogP) is 2.18. The van der Waals surface area contributed by atoms with Gasteiger partial charge in [-0.2, -0.15) is 10.1 Å². The van der Waals surface area contributed by atoms with E-state index in [9.17, 15) is 9.59 Å². The molecule has 0 saturated carbocycles. The fourth-order valence-electron chi connectivity index (χ4n) is 2.90. The third-order valence-electron chi connectivity index (χ3n) is 4.29. The zero-order valence-electron chi connectivity index (χ0n) is 17.3. The Kier molecular flexibility index (Phi) is 5.67. The second-order valence-corrected chi connectivity index (χ2v) is 9.02. The summed E-state index contributed by atoms with van der Waals surface area (Å²) in [5.41, 5.74) is 0.353. The minimum Gasteiger partial charge on any atom is -0.444 e. The number of ether oxygens (including phenoxy) is 1. The molecule has 31 heavy (non-hydrogen) atoms. The zero-order chi connectivity index (χ0) is 22.0. The number of aromatic nitrogens is 6. The zero-order valence-corrected chi connectivity index (χ0v) is 18.2. The molecular formula is C18H22N8O4S. The Hall–Kier alpha value is -3.35. The molecule has 0 atom stereocenters. The molecule has 4 heterocycles. The lowest BCUT2D eigenvalue weighted by atomic mass is 10.2. The molecule has 1 aliphatic heterocycles. The van der Waals surface area contributed by atoms with E-state index in [0.29, 0.717) is 36.4 Å². The Morgan fingerprint density at radius 1 is 1.35 bits per heavy atom. The van der Waals surface area contributed by atoms with Crippen LogP contribution in [0.1, 0.15) is 43.7 Å². The Balaban J connectivity index is 1.30. The Bertz CT molecular complexity index is 1070. The monoisotopic (exact) mass is 446 g/mol. The smallest absolute Gasteiger partial charge is 0.410 e. The van der Waals surface area contributed by atoms with Crippen molar-refractivity contribution >= 4 is 28.5 Å². The van der Waals surface area contributed by atoms with Gasteiger partial charge < -0.3 is 19.5 Å². The van der Waals surface area contributed by atoms with Crippen LogP contribution in [0.3, 0.4) is 0 Å². The van der Waals surface area contributed by atoms with Crippen LogP contribution in [-0.2, 0) is 28.9 Å². The van der Waals surface area contributed by atoms with Crippen LogP contribution >= 0.6 is 11.3 Å². The van der Waals surface area contributed by atoms with Crippen molar-refractivity contribution < 1.29 is 18.8 Å². The third-order valence-corrected chi connectivity index (χ3v) is 5.29. The average Bonchev–Trinajstić information content (AvgIpc) is 3.43.